The van der Waals surface area contributed by atoms with Crippen molar-refractivity contribution in [2.45, 2.75) is 13.5 Å². The molecule has 0 amide bonds. The van der Waals surface area contributed by atoms with Crippen LogP contribution in [0.25, 0.3) is 0 Å². The van der Waals surface area contributed by atoms with Crippen LogP contribution < -0.4 is 11.1 Å². The number of hydrogen-bond acceptors (Lipinski definition) is 6. The van der Waals surface area contributed by atoms with E-state index in [2.05, 4.69) is 20.4 Å². The zero-order valence-electron chi connectivity index (χ0n) is 9.17. The van der Waals surface area contributed by atoms with Gasteiger partial charge in [-0.15, -0.1) is 0 Å². The molecule has 0 bridgehead atoms. The smallest absolute Gasteiger partial charge is 0.245 e. The summed E-state index contributed by atoms with van der Waals surface area (Å²) in [5.41, 5.74) is 6.87. The lowest BCUT2D eigenvalue weighted by molar-refractivity contribution is 0.379. The van der Waals surface area contributed by atoms with E-state index in [1.165, 1.54) is 0 Å². The Morgan fingerprint density at radius 2 is 2.41 bits per heavy atom. The molecule has 6 nitrogen and oxygen atoms in total. The summed E-state index contributed by atoms with van der Waals surface area (Å²) in [5.74, 6) is 1.10. The highest BCUT2D eigenvalue weighted by atomic mass is 32.1. The summed E-state index contributed by atoms with van der Waals surface area (Å²) >= 11 is 4.91. The maximum Gasteiger partial charge on any atom is 0.245 e. The quantitative estimate of drug-likeness (QED) is 0.782. The molecule has 0 aliphatic heterocycles. The number of nitrogens with zero attached hydrogens (tertiary/aromatic N) is 3. The van der Waals surface area contributed by atoms with E-state index >= 15 is 0 Å². The second-order valence-electron chi connectivity index (χ2n) is 3.35. The maximum absolute atomic E-state index is 5.57. The predicted octanol–water partition coefficient (Wildman–Crippen LogP) is 1.02. The van der Waals surface area contributed by atoms with Gasteiger partial charge in [0, 0.05) is 6.20 Å². The fourth-order valence-electron chi connectivity index (χ4n) is 1.33. The summed E-state index contributed by atoms with van der Waals surface area (Å²) in [4.78, 5) is 8.42. The van der Waals surface area contributed by atoms with Crippen molar-refractivity contribution in [1.82, 2.24) is 15.1 Å². The summed E-state index contributed by atoms with van der Waals surface area (Å²) in [7, 11) is 0. The number of nitrogens with one attached hydrogen (secondary N) is 1. The highest BCUT2D eigenvalue weighted by molar-refractivity contribution is 7.80. The van der Waals surface area contributed by atoms with Gasteiger partial charge >= 0.3 is 0 Å². The number of aromatic nitrogens is 3. The lowest BCUT2D eigenvalue weighted by Crippen LogP contribution is -2.15. The van der Waals surface area contributed by atoms with E-state index in [0.717, 1.165) is 5.69 Å². The number of pyridine rings is 1. The Balaban J connectivity index is 2.11. The van der Waals surface area contributed by atoms with Crippen molar-refractivity contribution in [1.29, 1.82) is 0 Å². The molecular formula is C10H11N5OS. The molecule has 0 fully saturated rings. The first kappa shape index (κ1) is 11.5. The Bertz CT molecular complexity index is 539. The van der Waals surface area contributed by atoms with E-state index in [-0.39, 0.29) is 4.99 Å². The first-order valence-corrected chi connectivity index (χ1v) is 5.35. The molecule has 3 N–H and O–H groups in total. The normalized spacial score (nSPS) is 10.2. The lowest BCUT2D eigenvalue weighted by atomic mass is 10.3. The summed E-state index contributed by atoms with van der Waals surface area (Å²) in [6, 6.07) is 3.63. The average Bonchev–Trinajstić information content (AvgIpc) is 2.73. The third kappa shape index (κ3) is 2.76. The largest absolute Gasteiger partial charge is 0.388 e. The van der Waals surface area contributed by atoms with Gasteiger partial charge in [-0.05, 0) is 19.1 Å². The van der Waals surface area contributed by atoms with Crippen molar-refractivity contribution in [3.05, 3.63) is 35.7 Å². The number of hydrogen-bond donors (Lipinski definition) is 2. The Kier molecular flexibility index (Phi) is 3.29. The van der Waals surface area contributed by atoms with Crippen LogP contribution in [0.4, 0.5) is 5.69 Å². The van der Waals surface area contributed by atoms with Crippen molar-refractivity contribution in [3.63, 3.8) is 0 Å². The van der Waals surface area contributed by atoms with Crippen LogP contribution >= 0.6 is 12.2 Å². The highest BCUT2D eigenvalue weighted by Gasteiger charge is 2.07. The van der Waals surface area contributed by atoms with Gasteiger partial charge in [0.25, 0.3) is 0 Å². The second kappa shape index (κ2) is 4.88. The van der Waals surface area contributed by atoms with Crippen molar-refractivity contribution in [2.24, 2.45) is 5.73 Å². The van der Waals surface area contributed by atoms with Crippen LogP contribution in [0.5, 0.6) is 0 Å². The molecule has 2 heterocycles. The van der Waals surface area contributed by atoms with Crippen LogP contribution in [0.1, 0.15) is 17.4 Å². The summed E-state index contributed by atoms with van der Waals surface area (Å²) in [6.07, 6.45) is 1.64. The molecule has 17 heavy (non-hydrogen) atoms. The minimum atomic E-state index is 0.245. The maximum atomic E-state index is 5.57. The van der Waals surface area contributed by atoms with Crippen LogP contribution in [0.3, 0.4) is 0 Å². The number of thiocarbonyl (C=S) groups is 1. The van der Waals surface area contributed by atoms with Gasteiger partial charge < -0.3 is 15.6 Å². The molecule has 0 aliphatic rings. The number of aryl methyl sites for hydroxylation is 1. The topological polar surface area (TPSA) is 89.9 Å². The van der Waals surface area contributed by atoms with Gasteiger partial charge in [-0.1, -0.05) is 17.4 Å². The van der Waals surface area contributed by atoms with E-state index in [1.54, 1.807) is 19.2 Å². The van der Waals surface area contributed by atoms with Crippen molar-refractivity contribution in [3.8, 4) is 0 Å². The fourth-order valence-corrected chi connectivity index (χ4v) is 1.49. The fraction of sp³-hybridized carbons (Fsp3) is 0.200. The Hall–Kier alpha value is -2.02. The Morgan fingerprint density at radius 1 is 1.59 bits per heavy atom. The van der Waals surface area contributed by atoms with Crippen LogP contribution in [0.2, 0.25) is 0 Å². The molecule has 0 aromatic carbocycles. The molecule has 0 saturated heterocycles. The standard InChI is InChI=1S/C10H11N5OS/c1-6-14-8(16-15-6)5-13-7-3-2-4-12-9(7)10(11)17/h2-4,13H,5H2,1H3,(H2,11,17). The van der Waals surface area contributed by atoms with Gasteiger partial charge in [-0.2, -0.15) is 4.98 Å². The van der Waals surface area contributed by atoms with Gasteiger partial charge in [0.15, 0.2) is 5.82 Å². The van der Waals surface area contributed by atoms with Crippen LogP contribution in [-0.2, 0) is 6.54 Å². The molecule has 0 atom stereocenters. The van der Waals surface area contributed by atoms with Gasteiger partial charge in [0.1, 0.15) is 10.7 Å². The van der Waals surface area contributed by atoms with E-state index in [4.69, 9.17) is 22.5 Å². The third-order valence-corrected chi connectivity index (χ3v) is 2.23. The molecule has 2 aromatic heterocycles. The summed E-state index contributed by atoms with van der Waals surface area (Å²) in [6.45, 7) is 2.17. The van der Waals surface area contributed by atoms with Crippen LogP contribution in [-0.4, -0.2) is 20.1 Å². The van der Waals surface area contributed by atoms with E-state index in [1.807, 2.05) is 6.07 Å². The molecule has 0 aliphatic carbocycles. The van der Waals surface area contributed by atoms with Gasteiger partial charge in [0.2, 0.25) is 5.89 Å². The molecule has 0 radical (unpaired) electrons. The van der Waals surface area contributed by atoms with E-state index in [0.29, 0.717) is 24.0 Å². The molecule has 0 unspecified atom stereocenters. The molecular weight excluding hydrogens is 238 g/mol. The van der Waals surface area contributed by atoms with Crippen molar-refractivity contribution < 1.29 is 4.52 Å². The van der Waals surface area contributed by atoms with E-state index in [9.17, 15) is 0 Å². The van der Waals surface area contributed by atoms with Gasteiger partial charge in [0.05, 0.1) is 12.2 Å². The second-order valence-corrected chi connectivity index (χ2v) is 3.79. The van der Waals surface area contributed by atoms with Crippen molar-refractivity contribution >= 4 is 22.9 Å². The van der Waals surface area contributed by atoms with Crippen molar-refractivity contribution in [2.75, 3.05) is 5.32 Å². The zero-order chi connectivity index (χ0) is 12.3. The third-order valence-electron chi connectivity index (χ3n) is 2.04. The molecule has 2 aromatic rings. The molecule has 7 heteroatoms. The monoisotopic (exact) mass is 249 g/mol. The first-order chi connectivity index (χ1) is 8.16. The minimum absolute atomic E-state index is 0.245. The molecule has 0 spiro atoms. The Labute approximate surface area is 103 Å². The van der Waals surface area contributed by atoms with Crippen LogP contribution in [0.15, 0.2) is 22.9 Å². The molecule has 0 saturated carbocycles. The zero-order valence-corrected chi connectivity index (χ0v) is 9.99. The summed E-state index contributed by atoms with van der Waals surface area (Å²) < 4.78 is 4.98. The number of anilines is 1. The summed E-state index contributed by atoms with van der Waals surface area (Å²) in [5, 5.41) is 6.79. The van der Waals surface area contributed by atoms with Gasteiger partial charge in [-0.25, -0.2) is 0 Å². The predicted molar refractivity (Wildman–Crippen MR) is 66.5 cm³/mol. The van der Waals surface area contributed by atoms with Gasteiger partial charge in [-0.3, -0.25) is 4.98 Å². The number of nitrogens with two attached hydrogens (primary N) is 1. The SMILES string of the molecule is Cc1noc(CNc2cccnc2C(N)=S)n1. The Morgan fingerprint density at radius 3 is 3.06 bits per heavy atom. The first-order valence-electron chi connectivity index (χ1n) is 4.94. The average molecular weight is 249 g/mol. The minimum Gasteiger partial charge on any atom is -0.388 e. The highest BCUT2D eigenvalue weighted by Crippen LogP contribution is 2.12. The van der Waals surface area contributed by atoms with E-state index < -0.39 is 0 Å². The lowest BCUT2D eigenvalue weighted by Gasteiger charge is -2.07. The molecule has 88 valence electrons. The van der Waals surface area contributed by atoms with Crippen LogP contribution in [0, 0.1) is 6.92 Å². The molecule has 2 rings (SSSR count). The number of rotatable bonds is 4.